The average molecular weight is 297 g/mol. The molecule has 2 atom stereocenters. The second-order valence-electron chi connectivity index (χ2n) is 5.77. The van der Waals surface area contributed by atoms with E-state index in [2.05, 4.69) is 0 Å². The molecule has 6 heteroatoms. The molecule has 0 saturated carbocycles. The zero-order valence-electron chi connectivity index (χ0n) is 11.2. The third-order valence-electron chi connectivity index (χ3n) is 4.28. The Morgan fingerprint density at radius 1 is 1.24 bits per heavy atom. The molecule has 0 spiro atoms. The molecule has 2 fully saturated rings. The van der Waals surface area contributed by atoms with Crippen molar-refractivity contribution in [3.05, 3.63) is 34.9 Å². The Morgan fingerprint density at radius 2 is 1.86 bits per heavy atom. The van der Waals surface area contributed by atoms with Crippen LogP contribution in [-0.2, 0) is 16.5 Å². The third kappa shape index (κ3) is 2.52. The van der Waals surface area contributed by atoms with Crippen molar-refractivity contribution in [3.8, 4) is 6.07 Å². The first-order chi connectivity index (χ1) is 9.82. The lowest BCUT2D eigenvalue weighted by molar-refractivity contribution is -0.148. The van der Waals surface area contributed by atoms with Gasteiger partial charge in [-0.05, 0) is 30.5 Å². The molecular formula is C15H14F3NO2. The molecule has 0 aromatic heterocycles. The highest BCUT2D eigenvalue weighted by molar-refractivity contribution is 5.43. The van der Waals surface area contributed by atoms with Crippen LogP contribution in [0.15, 0.2) is 18.2 Å². The van der Waals surface area contributed by atoms with Crippen molar-refractivity contribution in [1.82, 2.24) is 0 Å². The summed E-state index contributed by atoms with van der Waals surface area (Å²) in [5.41, 5.74) is -2.67. The summed E-state index contributed by atoms with van der Waals surface area (Å²) in [5.74, 6) is 0. The van der Waals surface area contributed by atoms with Crippen molar-refractivity contribution in [2.24, 2.45) is 0 Å². The highest BCUT2D eigenvalue weighted by Crippen LogP contribution is 2.47. The number of alkyl halides is 3. The molecule has 2 aliphatic rings. The van der Waals surface area contributed by atoms with E-state index >= 15 is 0 Å². The van der Waals surface area contributed by atoms with Gasteiger partial charge in [0, 0.05) is 12.8 Å². The predicted molar refractivity (Wildman–Crippen MR) is 67.2 cm³/mol. The van der Waals surface area contributed by atoms with Gasteiger partial charge in [-0.15, -0.1) is 0 Å². The summed E-state index contributed by atoms with van der Waals surface area (Å²) in [4.78, 5) is 0. The van der Waals surface area contributed by atoms with E-state index in [0.29, 0.717) is 0 Å². The summed E-state index contributed by atoms with van der Waals surface area (Å²) in [5, 5.41) is 19.6. The number of hydrogen-bond donors (Lipinski definition) is 1. The maximum Gasteiger partial charge on any atom is 0.416 e. The Hall–Kier alpha value is -1.58. The monoisotopic (exact) mass is 297 g/mol. The van der Waals surface area contributed by atoms with Gasteiger partial charge in [-0.3, -0.25) is 0 Å². The molecule has 21 heavy (non-hydrogen) atoms. The van der Waals surface area contributed by atoms with Crippen LogP contribution < -0.4 is 0 Å². The van der Waals surface area contributed by atoms with Crippen molar-refractivity contribution in [2.75, 3.05) is 0 Å². The van der Waals surface area contributed by atoms with Gasteiger partial charge >= 0.3 is 6.18 Å². The Labute approximate surface area is 120 Å². The van der Waals surface area contributed by atoms with Crippen LogP contribution in [0.1, 0.15) is 42.4 Å². The fourth-order valence-electron chi connectivity index (χ4n) is 3.39. The molecular weight excluding hydrogens is 283 g/mol. The van der Waals surface area contributed by atoms with Crippen molar-refractivity contribution in [2.45, 2.75) is 49.7 Å². The summed E-state index contributed by atoms with van der Waals surface area (Å²) in [6, 6.07) is 5.06. The molecule has 1 N–H and O–H groups in total. The van der Waals surface area contributed by atoms with Gasteiger partial charge in [0.05, 0.1) is 35.0 Å². The maximum absolute atomic E-state index is 13.2. The number of nitriles is 1. The van der Waals surface area contributed by atoms with Gasteiger partial charge in [0.2, 0.25) is 0 Å². The lowest BCUT2D eigenvalue weighted by Crippen LogP contribution is -2.40. The van der Waals surface area contributed by atoms with E-state index in [9.17, 15) is 18.3 Å². The number of halogens is 3. The van der Waals surface area contributed by atoms with Crippen molar-refractivity contribution >= 4 is 0 Å². The lowest BCUT2D eigenvalue weighted by atomic mass is 9.80. The van der Waals surface area contributed by atoms with Crippen LogP contribution in [0.3, 0.4) is 0 Å². The van der Waals surface area contributed by atoms with Crippen LogP contribution >= 0.6 is 0 Å². The molecule has 2 saturated heterocycles. The highest BCUT2D eigenvalue weighted by Gasteiger charge is 2.48. The van der Waals surface area contributed by atoms with Crippen LogP contribution in [0.25, 0.3) is 0 Å². The molecule has 1 aromatic rings. The van der Waals surface area contributed by atoms with Gasteiger partial charge in [0.1, 0.15) is 0 Å². The third-order valence-corrected chi connectivity index (χ3v) is 4.28. The minimum atomic E-state index is -4.60. The maximum atomic E-state index is 13.2. The van der Waals surface area contributed by atoms with E-state index in [-0.39, 0.29) is 36.2 Å². The first-order valence-corrected chi connectivity index (χ1v) is 6.81. The van der Waals surface area contributed by atoms with E-state index in [1.54, 1.807) is 6.07 Å². The van der Waals surface area contributed by atoms with Crippen molar-refractivity contribution < 1.29 is 23.0 Å². The first kappa shape index (κ1) is 14.4. The van der Waals surface area contributed by atoms with E-state index in [0.717, 1.165) is 18.9 Å². The van der Waals surface area contributed by atoms with Gasteiger partial charge < -0.3 is 9.84 Å². The predicted octanol–water partition coefficient (Wildman–Crippen LogP) is 3.11. The van der Waals surface area contributed by atoms with Crippen molar-refractivity contribution in [1.29, 1.82) is 5.26 Å². The van der Waals surface area contributed by atoms with Gasteiger partial charge in [0.15, 0.2) is 0 Å². The molecule has 3 rings (SSSR count). The van der Waals surface area contributed by atoms with Crippen LogP contribution in [0.5, 0.6) is 0 Å². The number of nitrogens with zero attached hydrogens (tertiary/aromatic N) is 1. The minimum absolute atomic E-state index is 0.0651. The largest absolute Gasteiger partial charge is 0.416 e. The minimum Gasteiger partial charge on any atom is -0.385 e. The van der Waals surface area contributed by atoms with Gasteiger partial charge in [-0.25, -0.2) is 0 Å². The molecule has 2 unspecified atom stereocenters. The Balaban J connectivity index is 2.07. The molecule has 0 amide bonds. The smallest absolute Gasteiger partial charge is 0.385 e. The Bertz CT molecular complexity index is 594. The van der Waals surface area contributed by atoms with Crippen LogP contribution in [0, 0.1) is 11.3 Å². The molecule has 2 aliphatic heterocycles. The summed E-state index contributed by atoms with van der Waals surface area (Å²) in [7, 11) is 0. The standard InChI is InChI=1S/C15H14F3NO2/c16-15(17,18)13-5-9(8-19)1-4-12(13)14(20)6-10-2-3-11(7-14)21-10/h1,4-5,10-11,20H,2-3,6-7H2. The van der Waals surface area contributed by atoms with E-state index in [4.69, 9.17) is 10.00 Å². The fourth-order valence-corrected chi connectivity index (χ4v) is 3.39. The summed E-state index contributed by atoms with van der Waals surface area (Å²) < 4.78 is 45.3. The number of benzene rings is 1. The average Bonchev–Trinajstić information content (AvgIpc) is 2.77. The highest BCUT2D eigenvalue weighted by atomic mass is 19.4. The number of hydrogen-bond acceptors (Lipinski definition) is 3. The molecule has 3 nitrogen and oxygen atoms in total. The van der Waals surface area contributed by atoms with Crippen molar-refractivity contribution in [3.63, 3.8) is 0 Å². The molecule has 112 valence electrons. The fraction of sp³-hybridized carbons (Fsp3) is 0.533. The Kier molecular flexibility index (Phi) is 3.23. The number of aliphatic hydroxyl groups is 1. The second kappa shape index (κ2) is 4.72. The number of ether oxygens (including phenoxy) is 1. The molecule has 0 radical (unpaired) electrons. The number of rotatable bonds is 1. The number of fused-ring (bicyclic) bond motifs is 2. The molecule has 0 aliphatic carbocycles. The molecule has 2 bridgehead atoms. The van der Waals surface area contributed by atoms with E-state index in [1.807, 2.05) is 0 Å². The first-order valence-electron chi connectivity index (χ1n) is 6.81. The quantitative estimate of drug-likeness (QED) is 0.866. The van der Waals surface area contributed by atoms with Crippen LogP contribution in [0.2, 0.25) is 0 Å². The Morgan fingerprint density at radius 3 is 2.38 bits per heavy atom. The topological polar surface area (TPSA) is 53.2 Å². The van der Waals surface area contributed by atoms with E-state index < -0.39 is 17.3 Å². The second-order valence-corrected chi connectivity index (χ2v) is 5.77. The lowest BCUT2D eigenvalue weighted by Gasteiger charge is -2.38. The van der Waals surface area contributed by atoms with Crippen LogP contribution in [-0.4, -0.2) is 17.3 Å². The normalized spacial score (nSPS) is 32.0. The summed E-state index contributed by atoms with van der Waals surface area (Å²) in [6.45, 7) is 0. The van der Waals surface area contributed by atoms with E-state index in [1.165, 1.54) is 12.1 Å². The van der Waals surface area contributed by atoms with Gasteiger partial charge in [0.25, 0.3) is 0 Å². The SMILES string of the molecule is N#Cc1ccc(C2(O)CC3CCC(C2)O3)c(C(F)(F)F)c1. The summed E-state index contributed by atoms with van der Waals surface area (Å²) >= 11 is 0. The van der Waals surface area contributed by atoms with Gasteiger partial charge in [-0.1, -0.05) is 6.07 Å². The molecule has 2 heterocycles. The zero-order valence-corrected chi connectivity index (χ0v) is 11.2. The summed E-state index contributed by atoms with van der Waals surface area (Å²) in [6.07, 6.45) is -3.11. The zero-order chi connectivity index (χ0) is 15.3. The van der Waals surface area contributed by atoms with Gasteiger partial charge in [-0.2, -0.15) is 18.4 Å². The van der Waals surface area contributed by atoms with Crippen LogP contribution in [0.4, 0.5) is 13.2 Å². The molecule has 1 aromatic carbocycles.